The molecule has 0 saturated carbocycles. The van der Waals surface area contributed by atoms with Crippen molar-refractivity contribution in [1.82, 2.24) is 9.36 Å². The van der Waals surface area contributed by atoms with Crippen molar-refractivity contribution < 1.29 is 5.11 Å². The molecule has 4 heteroatoms. The third-order valence-electron chi connectivity index (χ3n) is 1.66. The van der Waals surface area contributed by atoms with Gasteiger partial charge in [-0.25, -0.2) is 0 Å². The van der Waals surface area contributed by atoms with Crippen molar-refractivity contribution in [2.45, 2.75) is 6.42 Å². The van der Waals surface area contributed by atoms with Gasteiger partial charge in [-0.3, -0.25) is 0 Å². The van der Waals surface area contributed by atoms with Crippen molar-refractivity contribution in [1.29, 1.82) is 0 Å². The predicted molar refractivity (Wildman–Crippen MR) is 50.8 cm³/mol. The molecule has 1 N–H and O–H groups in total. The summed E-state index contributed by atoms with van der Waals surface area (Å²) < 4.78 is 3.70. The van der Waals surface area contributed by atoms with E-state index < -0.39 is 0 Å². The van der Waals surface area contributed by atoms with Crippen molar-refractivity contribution in [3.05, 3.63) is 40.9 Å². The molecule has 1 aromatic heterocycles. The Balaban J connectivity index is 2.15. The average molecular weight is 192 g/mol. The highest BCUT2D eigenvalue weighted by molar-refractivity contribution is 7.05. The molecule has 13 heavy (non-hydrogen) atoms. The van der Waals surface area contributed by atoms with Crippen molar-refractivity contribution in [2.75, 3.05) is 0 Å². The average Bonchev–Trinajstić information content (AvgIpc) is 2.53. The van der Waals surface area contributed by atoms with Gasteiger partial charge in [0, 0.05) is 6.42 Å². The molecule has 1 heterocycles. The zero-order chi connectivity index (χ0) is 9.10. The van der Waals surface area contributed by atoms with Crippen LogP contribution in [-0.4, -0.2) is 14.5 Å². The summed E-state index contributed by atoms with van der Waals surface area (Å²) in [6, 6.07) is 9.86. The van der Waals surface area contributed by atoms with E-state index in [9.17, 15) is 0 Å². The molecule has 0 fully saturated rings. The summed E-state index contributed by atoms with van der Waals surface area (Å²) in [4.78, 5) is 3.87. The van der Waals surface area contributed by atoms with Crippen LogP contribution in [0.5, 0.6) is 6.01 Å². The molecule has 0 radical (unpaired) electrons. The molecule has 0 aliphatic carbocycles. The number of aromatic nitrogens is 2. The second-order valence-electron chi connectivity index (χ2n) is 2.65. The summed E-state index contributed by atoms with van der Waals surface area (Å²) in [5.74, 6) is 0. The lowest BCUT2D eigenvalue weighted by Crippen LogP contribution is -1.85. The van der Waals surface area contributed by atoms with Crippen LogP contribution in [0.1, 0.15) is 10.6 Å². The Kier molecular flexibility index (Phi) is 2.23. The SMILES string of the molecule is Oc1nsc(Cc2ccccc2)n1. The molecule has 2 aromatic rings. The number of nitrogens with zero attached hydrogens (tertiary/aromatic N) is 2. The standard InChI is InChI=1S/C9H8N2OS/c12-9-10-8(13-11-9)6-7-4-2-1-3-5-7/h1-5H,6H2,(H,11,12). The van der Waals surface area contributed by atoms with Gasteiger partial charge in [-0.2, -0.15) is 4.98 Å². The van der Waals surface area contributed by atoms with Gasteiger partial charge in [0.05, 0.1) is 0 Å². The second-order valence-corrected chi connectivity index (χ2v) is 3.49. The molecule has 0 amide bonds. The Morgan fingerprint density at radius 1 is 1.23 bits per heavy atom. The molecular formula is C9H8N2OS. The van der Waals surface area contributed by atoms with Gasteiger partial charge in [-0.15, -0.1) is 4.37 Å². The second kappa shape index (κ2) is 3.53. The van der Waals surface area contributed by atoms with E-state index in [1.807, 2.05) is 30.3 Å². The van der Waals surface area contributed by atoms with Gasteiger partial charge in [-0.05, 0) is 17.1 Å². The van der Waals surface area contributed by atoms with Crippen molar-refractivity contribution in [3.63, 3.8) is 0 Å². The molecule has 0 spiro atoms. The summed E-state index contributed by atoms with van der Waals surface area (Å²) >= 11 is 1.23. The van der Waals surface area contributed by atoms with Crippen LogP contribution in [-0.2, 0) is 6.42 Å². The quantitative estimate of drug-likeness (QED) is 0.789. The van der Waals surface area contributed by atoms with E-state index in [2.05, 4.69) is 9.36 Å². The van der Waals surface area contributed by atoms with Gasteiger partial charge in [0.25, 0.3) is 0 Å². The number of aromatic hydroxyl groups is 1. The first kappa shape index (κ1) is 8.19. The molecule has 0 atom stereocenters. The molecule has 0 saturated heterocycles. The van der Waals surface area contributed by atoms with Crippen molar-refractivity contribution in [2.24, 2.45) is 0 Å². The van der Waals surface area contributed by atoms with Crippen LogP contribution < -0.4 is 0 Å². The smallest absolute Gasteiger partial charge is 0.325 e. The minimum absolute atomic E-state index is 0.129. The Morgan fingerprint density at radius 2 is 2.00 bits per heavy atom. The Bertz CT molecular complexity index is 386. The summed E-state index contributed by atoms with van der Waals surface area (Å²) in [5, 5.41) is 9.76. The Morgan fingerprint density at radius 3 is 2.62 bits per heavy atom. The number of rotatable bonds is 2. The van der Waals surface area contributed by atoms with Crippen molar-refractivity contribution >= 4 is 11.5 Å². The first-order chi connectivity index (χ1) is 6.34. The first-order valence-electron chi connectivity index (χ1n) is 3.90. The van der Waals surface area contributed by atoms with Crippen LogP contribution in [0.3, 0.4) is 0 Å². The summed E-state index contributed by atoms with van der Waals surface area (Å²) in [6.45, 7) is 0. The number of benzene rings is 1. The van der Waals surface area contributed by atoms with Gasteiger partial charge in [0.15, 0.2) is 0 Å². The zero-order valence-electron chi connectivity index (χ0n) is 6.84. The zero-order valence-corrected chi connectivity index (χ0v) is 7.66. The fraction of sp³-hybridized carbons (Fsp3) is 0.111. The monoisotopic (exact) mass is 192 g/mol. The lowest BCUT2D eigenvalue weighted by Gasteiger charge is -1.94. The molecular weight excluding hydrogens is 184 g/mol. The highest BCUT2D eigenvalue weighted by atomic mass is 32.1. The Labute approximate surface area is 79.9 Å². The summed E-state index contributed by atoms with van der Waals surface area (Å²) in [5.41, 5.74) is 1.18. The van der Waals surface area contributed by atoms with Gasteiger partial charge >= 0.3 is 6.01 Å². The third kappa shape index (κ3) is 2.03. The predicted octanol–water partition coefficient (Wildman–Crippen LogP) is 1.83. The molecule has 3 nitrogen and oxygen atoms in total. The Hall–Kier alpha value is -1.42. The van der Waals surface area contributed by atoms with Crippen molar-refractivity contribution in [3.8, 4) is 6.01 Å². The van der Waals surface area contributed by atoms with E-state index in [4.69, 9.17) is 5.11 Å². The van der Waals surface area contributed by atoms with Crippen LogP contribution in [0.25, 0.3) is 0 Å². The topological polar surface area (TPSA) is 46.0 Å². The summed E-state index contributed by atoms with van der Waals surface area (Å²) in [6.07, 6.45) is 0.735. The number of hydrogen-bond donors (Lipinski definition) is 1. The molecule has 0 bridgehead atoms. The fourth-order valence-corrected chi connectivity index (χ4v) is 1.67. The normalized spacial score (nSPS) is 10.2. The number of hydrogen-bond acceptors (Lipinski definition) is 4. The molecule has 0 aliphatic heterocycles. The minimum Gasteiger partial charge on any atom is -0.478 e. The molecule has 66 valence electrons. The molecule has 0 unspecified atom stereocenters. The maximum absolute atomic E-state index is 8.92. The van der Waals surface area contributed by atoms with E-state index in [1.54, 1.807) is 0 Å². The largest absolute Gasteiger partial charge is 0.478 e. The van der Waals surface area contributed by atoms with E-state index in [0.29, 0.717) is 0 Å². The molecule has 1 aromatic carbocycles. The van der Waals surface area contributed by atoms with E-state index in [0.717, 1.165) is 11.4 Å². The highest BCUT2D eigenvalue weighted by Gasteiger charge is 2.02. The highest BCUT2D eigenvalue weighted by Crippen LogP contribution is 2.13. The maximum Gasteiger partial charge on any atom is 0.325 e. The van der Waals surface area contributed by atoms with Gasteiger partial charge in [0.1, 0.15) is 5.01 Å². The van der Waals surface area contributed by atoms with Gasteiger partial charge < -0.3 is 5.11 Å². The van der Waals surface area contributed by atoms with E-state index in [1.165, 1.54) is 17.1 Å². The van der Waals surface area contributed by atoms with E-state index in [-0.39, 0.29) is 6.01 Å². The van der Waals surface area contributed by atoms with Gasteiger partial charge in [0.2, 0.25) is 0 Å². The van der Waals surface area contributed by atoms with Crippen LogP contribution in [0, 0.1) is 0 Å². The summed E-state index contributed by atoms with van der Waals surface area (Å²) in [7, 11) is 0. The lowest BCUT2D eigenvalue weighted by atomic mass is 10.2. The first-order valence-corrected chi connectivity index (χ1v) is 4.67. The minimum atomic E-state index is -0.129. The maximum atomic E-state index is 8.92. The fourth-order valence-electron chi connectivity index (χ4n) is 1.09. The van der Waals surface area contributed by atoms with Crippen LogP contribution in [0.2, 0.25) is 0 Å². The molecule has 2 rings (SSSR count). The molecule has 0 aliphatic rings. The van der Waals surface area contributed by atoms with E-state index >= 15 is 0 Å². The van der Waals surface area contributed by atoms with Gasteiger partial charge in [-0.1, -0.05) is 30.3 Å². The lowest BCUT2D eigenvalue weighted by molar-refractivity contribution is 0.437. The van der Waals surface area contributed by atoms with Crippen LogP contribution in [0.4, 0.5) is 0 Å². The third-order valence-corrected chi connectivity index (χ3v) is 2.36. The van der Waals surface area contributed by atoms with Crippen LogP contribution >= 0.6 is 11.5 Å². The van der Waals surface area contributed by atoms with Crippen LogP contribution in [0.15, 0.2) is 30.3 Å².